The van der Waals surface area contributed by atoms with Crippen molar-refractivity contribution >= 4 is 27.5 Å². The van der Waals surface area contributed by atoms with Gasteiger partial charge in [0.15, 0.2) is 5.82 Å². The van der Waals surface area contributed by atoms with E-state index in [1.165, 1.54) is 12.1 Å². The molecule has 2 aromatic rings. The normalized spacial score (nSPS) is 11.8. The molecule has 0 saturated carbocycles. The van der Waals surface area contributed by atoms with Crippen molar-refractivity contribution in [2.45, 2.75) is 33.1 Å². The molecule has 0 bridgehead atoms. The minimum atomic E-state index is -0.306. The molecule has 0 atom stereocenters. The van der Waals surface area contributed by atoms with Crippen LogP contribution in [0.25, 0.3) is 11.4 Å². The van der Waals surface area contributed by atoms with E-state index in [9.17, 15) is 4.39 Å². The Bertz CT molecular complexity index is 645. The van der Waals surface area contributed by atoms with Crippen molar-refractivity contribution in [2.24, 2.45) is 0 Å². The molecule has 0 radical (unpaired) electrons. The van der Waals surface area contributed by atoms with E-state index in [0.717, 1.165) is 11.3 Å². The van der Waals surface area contributed by atoms with E-state index in [1.807, 2.05) is 33.8 Å². The molecule has 0 spiro atoms. The summed E-state index contributed by atoms with van der Waals surface area (Å²) < 4.78 is 14.2. The maximum Gasteiger partial charge on any atom is 0.161 e. The first-order valence-electron chi connectivity index (χ1n) is 6.19. The van der Waals surface area contributed by atoms with Gasteiger partial charge in [0.25, 0.3) is 0 Å². The van der Waals surface area contributed by atoms with Crippen LogP contribution in [0.4, 0.5) is 4.39 Å². The number of aryl methyl sites for hydroxylation is 1. The molecule has 1 heterocycles. The molecule has 2 rings (SSSR count). The third-order valence-corrected chi connectivity index (χ3v) is 4.07. The Morgan fingerprint density at radius 3 is 2.35 bits per heavy atom. The van der Waals surface area contributed by atoms with E-state index in [4.69, 9.17) is 11.6 Å². The smallest absolute Gasteiger partial charge is 0.161 e. The van der Waals surface area contributed by atoms with E-state index in [-0.39, 0.29) is 11.2 Å². The van der Waals surface area contributed by atoms with Gasteiger partial charge in [0.1, 0.15) is 11.0 Å². The number of halogens is 3. The van der Waals surface area contributed by atoms with Crippen molar-refractivity contribution < 1.29 is 4.39 Å². The molecule has 20 heavy (non-hydrogen) atoms. The number of hydrogen-bond acceptors (Lipinski definition) is 2. The molecule has 0 fully saturated rings. The molecule has 0 aliphatic rings. The predicted octanol–water partition coefficient (Wildman–Crippen LogP) is 5.30. The van der Waals surface area contributed by atoms with E-state index < -0.39 is 0 Å². The summed E-state index contributed by atoms with van der Waals surface area (Å²) in [6, 6.07) is 4.72. The van der Waals surface area contributed by atoms with Gasteiger partial charge in [-0.05, 0) is 46.6 Å². The second-order valence-corrected chi connectivity index (χ2v) is 6.92. The number of hydrogen-bond donors (Lipinski definition) is 0. The van der Waals surface area contributed by atoms with Gasteiger partial charge < -0.3 is 0 Å². The van der Waals surface area contributed by atoms with Crippen LogP contribution in [0, 0.1) is 12.7 Å². The van der Waals surface area contributed by atoms with Gasteiger partial charge in [0.05, 0.1) is 10.2 Å². The SMILES string of the molecule is Cc1cc(F)cc(-c2nc(Cl)c(Br)c(C(C)(C)C)n2)c1. The Labute approximate surface area is 131 Å². The molecule has 1 aromatic heterocycles. The second kappa shape index (κ2) is 5.41. The van der Waals surface area contributed by atoms with Gasteiger partial charge in [-0.15, -0.1) is 0 Å². The molecule has 0 aliphatic heterocycles. The summed E-state index contributed by atoms with van der Waals surface area (Å²) in [5.74, 6) is 0.130. The number of rotatable bonds is 1. The maximum absolute atomic E-state index is 13.5. The van der Waals surface area contributed by atoms with Crippen molar-refractivity contribution in [3.63, 3.8) is 0 Å². The third kappa shape index (κ3) is 3.18. The summed E-state index contributed by atoms with van der Waals surface area (Å²) in [6.45, 7) is 7.95. The van der Waals surface area contributed by atoms with E-state index in [2.05, 4.69) is 25.9 Å². The summed E-state index contributed by atoms with van der Waals surface area (Å²) in [4.78, 5) is 8.79. The lowest BCUT2D eigenvalue weighted by Gasteiger charge is -2.20. The van der Waals surface area contributed by atoms with Gasteiger partial charge in [-0.25, -0.2) is 14.4 Å². The summed E-state index contributed by atoms with van der Waals surface area (Å²) in [5, 5.41) is 0.335. The van der Waals surface area contributed by atoms with Gasteiger partial charge in [0.2, 0.25) is 0 Å². The average molecular weight is 358 g/mol. The summed E-state index contributed by atoms with van der Waals surface area (Å²) >= 11 is 9.58. The van der Waals surface area contributed by atoms with E-state index in [0.29, 0.717) is 21.0 Å². The Balaban J connectivity index is 2.67. The summed E-state index contributed by atoms with van der Waals surface area (Å²) in [7, 11) is 0. The third-order valence-electron chi connectivity index (χ3n) is 2.82. The first-order chi connectivity index (χ1) is 9.18. The van der Waals surface area contributed by atoms with Crippen LogP contribution in [0.15, 0.2) is 22.7 Å². The zero-order chi connectivity index (χ0) is 15.1. The monoisotopic (exact) mass is 356 g/mol. The standard InChI is InChI=1S/C15H15BrClFN2/c1-8-5-9(7-10(18)6-8)14-19-12(15(2,3)4)11(16)13(17)20-14/h5-7H,1-4H3. The topological polar surface area (TPSA) is 25.8 Å². The Kier molecular flexibility index (Phi) is 4.17. The molecule has 0 amide bonds. The van der Waals surface area contributed by atoms with Crippen LogP contribution in [0.1, 0.15) is 32.0 Å². The highest BCUT2D eigenvalue weighted by Gasteiger charge is 2.23. The molecule has 1 aromatic carbocycles. The molecule has 0 N–H and O–H groups in total. The molecular formula is C15H15BrClFN2. The largest absolute Gasteiger partial charge is 0.231 e. The van der Waals surface area contributed by atoms with E-state index in [1.54, 1.807) is 0 Å². The van der Waals surface area contributed by atoms with Crippen molar-refractivity contribution in [1.29, 1.82) is 0 Å². The zero-order valence-electron chi connectivity index (χ0n) is 11.8. The molecule has 0 unspecified atom stereocenters. The maximum atomic E-state index is 13.5. The van der Waals surface area contributed by atoms with Gasteiger partial charge in [-0.1, -0.05) is 32.4 Å². The zero-order valence-corrected chi connectivity index (χ0v) is 14.1. The fraction of sp³-hybridized carbons (Fsp3) is 0.333. The predicted molar refractivity (Wildman–Crippen MR) is 83.6 cm³/mol. The van der Waals surface area contributed by atoms with Crippen molar-refractivity contribution in [3.05, 3.63) is 44.9 Å². The highest BCUT2D eigenvalue weighted by atomic mass is 79.9. The van der Waals surface area contributed by atoms with Crippen molar-refractivity contribution in [1.82, 2.24) is 9.97 Å². The van der Waals surface area contributed by atoms with Crippen LogP contribution in [0.5, 0.6) is 0 Å². The molecule has 2 nitrogen and oxygen atoms in total. The lowest BCUT2D eigenvalue weighted by molar-refractivity contribution is 0.564. The van der Waals surface area contributed by atoms with Crippen LogP contribution in [-0.4, -0.2) is 9.97 Å². The number of aromatic nitrogens is 2. The quantitative estimate of drug-likeness (QED) is 0.647. The van der Waals surface area contributed by atoms with Crippen molar-refractivity contribution in [2.75, 3.05) is 0 Å². The van der Waals surface area contributed by atoms with Crippen LogP contribution in [0.3, 0.4) is 0 Å². The molecule has 0 saturated heterocycles. The van der Waals surface area contributed by atoms with Gasteiger partial charge >= 0.3 is 0 Å². The Hall–Kier alpha value is -1.00. The van der Waals surface area contributed by atoms with Gasteiger partial charge in [-0.3, -0.25) is 0 Å². The molecule has 0 aliphatic carbocycles. The first-order valence-corrected chi connectivity index (χ1v) is 7.36. The first kappa shape index (κ1) is 15.4. The fourth-order valence-corrected chi connectivity index (χ4v) is 2.85. The van der Waals surface area contributed by atoms with Crippen LogP contribution in [-0.2, 0) is 5.41 Å². The van der Waals surface area contributed by atoms with Crippen LogP contribution >= 0.6 is 27.5 Å². The Morgan fingerprint density at radius 1 is 1.15 bits per heavy atom. The highest BCUT2D eigenvalue weighted by molar-refractivity contribution is 9.10. The van der Waals surface area contributed by atoms with Crippen molar-refractivity contribution in [3.8, 4) is 11.4 Å². The summed E-state index contributed by atoms with van der Waals surface area (Å²) in [5.41, 5.74) is 2.06. The van der Waals surface area contributed by atoms with Crippen LogP contribution < -0.4 is 0 Å². The second-order valence-electron chi connectivity index (χ2n) is 5.77. The van der Waals surface area contributed by atoms with Gasteiger partial charge in [-0.2, -0.15) is 0 Å². The minimum absolute atomic E-state index is 0.192. The molecule has 5 heteroatoms. The molecular weight excluding hydrogens is 343 g/mol. The number of nitrogens with zero attached hydrogens (tertiary/aromatic N) is 2. The minimum Gasteiger partial charge on any atom is -0.231 e. The van der Waals surface area contributed by atoms with Crippen LogP contribution in [0.2, 0.25) is 5.15 Å². The summed E-state index contributed by atoms with van der Waals surface area (Å²) in [6.07, 6.45) is 0. The average Bonchev–Trinajstić information content (AvgIpc) is 2.29. The van der Waals surface area contributed by atoms with E-state index >= 15 is 0 Å². The number of benzene rings is 1. The lowest BCUT2D eigenvalue weighted by Crippen LogP contribution is -2.16. The highest BCUT2D eigenvalue weighted by Crippen LogP contribution is 2.34. The molecule has 106 valence electrons. The van der Waals surface area contributed by atoms with Gasteiger partial charge in [0, 0.05) is 11.0 Å². The Morgan fingerprint density at radius 2 is 1.80 bits per heavy atom. The fourth-order valence-electron chi connectivity index (χ4n) is 1.91. The lowest BCUT2D eigenvalue weighted by atomic mass is 9.92.